The molecule has 2 heterocycles. The maximum Gasteiger partial charge on any atom is 0.291 e. The summed E-state index contributed by atoms with van der Waals surface area (Å²) in [4.78, 5) is 53.2. The van der Waals surface area contributed by atoms with E-state index in [-0.39, 0.29) is 43.0 Å². The average molecular weight is 469 g/mol. The zero-order valence-electron chi connectivity index (χ0n) is 18.1. The Morgan fingerprint density at radius 1 is 1.06 bits per heavy atom. The molecule has 2 atom stereocenters. The number of fused-ring (bicyclic) bond motifs is 1. The molecule has 33 heavy (non-hydrogen) atoms. The van der Waals surface area contributed by atoms with E-state index >= 15 is 0 Å². The number of Topliss-reactive ketones (excluding diaryl/α,β-unsaturated/α-hetero) is 1. The van der Waals surface area contributed by atoms with Gasteiger partial charge in [-0.15, -0.1) is 0 Å². The average Bonchev–Trinajstić information content (AvgIpc) is 3.08. The number of rotatable bonds is 9. The molecule has 2 aliphatic heterocycles. The van der Waals surface area contributed by atoms with E-state index in [9.17, 15) is 19.2 Å². The second kappa shape index (κ2) is 10.2. The number of ether oxygens (including phenoxy) is 2. The number of benzene rings is 2. The van der Waals surface area contributed by atoms with Crippen molar-refractivity contribution >= 4 is 34.6 Å². The van der Waals surface area contributed by atoms with Crippen LogP contribution in [0.3, 0.4) is 0 Å². The summed E-state index contributed by atoms with van der Waals surface area (Å²) in [6.07, 6.45) is -0.137. The Labute approximate surface area is 195 Å². The fourth-order valence-electron chi connectivity index (χ4n) is 3.71. The molecule has 1 saturated heterocycles. The normalized spacial score (nSPS) is 20.1. The monoisotopic (exact) mass is 468 g/mol. The van der Waals surface area contributed by atoms with Crippen LogP contribution in [-0.4, -0.2) is 57.5 Å². The lowest BCUT2D eigenvalue weighted by Crippen LogP contribution is -2.52. The Balaban J connectivity index is 1.40. The number of para-hydroxylation sites is 1. The van der Waals surface area contributed by atoms with Gasteiger partial charge in [0.15, 0.2) is 11.2 Å². The SMILES string of the molecule is CCCC(=O)C1Oc2ccccc2C(=O)N1CCOC1SC(=O)N(Cc2ccccc2)C1=O. The molecule has 2 aliphatic rings. The summed E-state index contributed by atoms with van der Waals surface area (Å²) in [6, 6.07) is 16.0. The lowest BCUT2D eigenvalue weighted by molar-refractivity contribution is -0.137. The minimum Gasteiger partial charge on any atom is -0.462 e. The highest BCUT2D eigenvalue weighted by Crippen LogP contribution is 2.31. The summed E-state index contributed by atoms with van der Waals surface area (Å²) in [7, 11) is 0. The van der Waals surface area contributed by atoms with Gasteiger partial charge in [0.2, 0.25) is 6.23 Å². The number of carbonyl (C=O) groups excluding carboxylic acids is 4. The Morgan fingerprint density at radius 2 is 1.79 bits per heavy atom. The summed E-state index contributed by atoms with van der Waals surface area (Å²) in [5.74, 6) is -0.588. The Kier molecular flexibility index (Phi) is 7.10. The van der Waals surface area contributed by atoms with Crippen molar-refractivity contribution in [3.05, 3.63) is 65.7 Å². The summed E-state index contributed by atoms with van der Waals surface area (Å²) < 4.78 is 11.5. The van der Waals surface area contributed by atoms with Crippen molar-refractivity contribution in [3.8, 4) is 5.75 Å². The molecule has 3 amide bonds. The largest absolute Gasteiger partial charge is 0.462 e. The van der Waals surface area contributed by atoms with E-state index in [4.69, 9.17) is 9.47 Å². The number of imide groups is 1. The molecule has 172 valence electrons. The molecule has 2 aromatic carbocycles. The summed E-state index contributed by atoms with van der Waals surface area (Å²) >= 11 is 0.806. The van der Waals surface area contributed by atoms with Crippen molar-refractivity contribution in [1.29, 1.82) is 0 Å². The van der Waals surface area contributed by atoms with E-state index in [1.165, 1.54) is 4.90 Å². The number of carbonyl (C=O) groups is 4. The molecule has 0 N–H and O–H groups in total. The zero-order chi connectivity index (χ0) is 23.4. The van der Waals surface area contributed by atoms with Gasteiger partial charge in [0.25, 0.3) is 17.1 Å². The van der Waals surface area contributed by atoms with E-state index in [2.05, 4.69) is 0 Å². The number of amides is 3. The lowest BCUT2D eigenvalue weighted by Gasteiger charge is -2.35. The maximum absolute atomic E-state index is 13.0. The number of thioether (sulfide) groups is 1. The van der Waals surface area contributed by atoms with Crippen LogP contribution >= 0.6 is 11.8 Å². The predicted molar refractivity (Wildman–Crippen MR) is 122 cm³/mol. The number of ketones is 1. The molecule has 2 unspecified atom stereocenters. The molecule has 9 heteroatoms. The second-order valence-corrected chi connectivity index (χ2v) is 8.69. The highest BCUT2D eigenvalue weighted by molar-refractivity contribution is 8.15. The van der Waals surface area contributed by atoms with E-state index < -0.39 is 17.6 Å². The van der Waals surface area contributed by atoms with Crippen LogP contribution in [0, 0.1) is 0 Å². The molecule has 0 spiro atoms. The number of hydrogen-bond donors (Lipinski definition) is 0. The van der Waals surface area contributed by atoms with Gasteiger partial charge in [0.05, 0.1) is 18.7 Å². The van der Waals surface area contributed by atoms with Crippen LogP contribution in [0.5, 0.6) is 5.75 Å². The molecular formula is C24H24N2O6S. The predicted octanol–water partition coefficient (Wildman–Crippen LogP) is 3.45. The molecular weight excluding hydrogens is 444 g/mol. The first-order valence-corrected chi connectivity index (χ1v) is 11.6. The van der Waals surface area contributed by atoms with Gasteiger partial charge >= 0.3 is 0 Å². The van der Waals surface area contributed by atoms with Crippen molar-refractivity contribution in [2.45, 2.75) is 38.0 Å². The maximum atomic E-state index is 13.0. The van der Waals surface area contributed by atoms with Gasteiger partial charge < -0.3 is 9.47 Å². The van der Waals surface area contributed by atoms with Gasteiger partial charge in [-0.2, -0.15) is 0 Å². The van der Waals surface area contributed by atoms with Crippen LogP contribution in [0.1, 0.15) is 35.7 Å². The number of nitrogens with zero attached hydrogens (tertiary/aromatic N) is 2. The molecule has 0 aromatic heterocycles. The summed E-state index contributed by atoms with van der Waals surface area (Å²) in [5.41, 5.74) is 0.222. The fraction of sp³-hybridized carbons (Fsp3) is 0.333. The standard InChI is InChI=1S/C24H24N2O6S/c1-2-8-18(27)22-25(20(28)17-11-6-7-12-19(17)32-22)13-14-31-23-21(29)26(24(30)33-23)15-16-9-4-3-5-10-16/h3-7,9-12,22-23H,2,8,13-15H2,1H3. The molecule has 8 nitrogen and oxygen atoms in total. The minimum absolute atomic E-state index is 0.0248. The molecule has 2 aromatic rings. The van der Waals surface area contributed by atoms with Gasteiger partial charge in [-0.3, -0.25) is 29.0 Å². The van der Waals surface area contributed by atoms with Crippen LogP contribution in [0.2, 0.25) is 0 Å². The van der Waals surface area contributed by atoms with Gasteiger partial charge in [-0.05, 0) is 35.9 Å². The fourth-order valence-corrected chi connectivity index (χ4v) is 4.57. The first-order valence-electron chi connectivity index (χ1n) is 10.8. The highest BCUT2D eigenvalue weighted by Gasteiger charge is 2.41. The zero-order valence-corrected chi connectivity index (χ0v) is 19.0. The van der Waals surface area contributed by atoms with Crippen LogP contribution < -0.4 is 4.74 Å². The van der Waals surface area contributed by atoms with E-state index in [0.29, 0.717) is 17.7 Å². The molecule has 4 rings (SSSR count). The van der Waals surface area contributed by atoms with Gasteiger partial charge in [-0.1, -0.05) is 49.4 Å². The van der Waals surface area contributed by atoms with Crippen molar-refractivity contribution in [2.75, 3.05) is 13.2 Å². The van der Waals surface area contributed by atoms with Crippen LogP contribution in [0.25, 0.3) is 0 Å². The van der Waals surface area contributed by atoms with E-state index in [0.717, 1.165) is 22.2 Å². The van der Waals surface area contributed by atoms with Crippen LogP contribution in [-0.2, 0) is 20.9 Å². The Bertz CT molecular complexity index is 1060. The first kappa shape index (κ1) is 23.0. The first-order chi connectivity index (χ1) is 16.0. The molecule has 1 fully saturated rings. The number of hydrogen-bond acceptors (Lipinski definition) is 7. The quantitative estimate of drug-likeness (QED) is 0.556. The van der Waals surface area contributed by atoms with E-state index in [1.807, 2.05) is 37.3 Å². The summed E-state index contributed by atoms with van der Waals surface area (Å²) in [6.45, 7) is 2.08. The van der Waals surface area contributed by atoms with Gasteiger partial charge in [0, 0.05) is 13.0 Å². The van der Waals surface area contributed by atoms with Crippen LogP contribution in [0.4, 0.5) is 4.79 Å². The van der Waals surface area contributed by atoms with Crippen molar-refractivity contribution < 1.29 is 28.7 Å². The second-order valence-electron chi connectivity index (χ2n) is 7.68. The molecule has 0 aliphatic carbocycles. The highest BCUT2D eigenvalue weighted by atomic mass is 32.2. The Morgan fingerprint density at radius 3 is 2.55 bits per heavy atom. The topological polar surface area (TPSA) is 93.2 Å². The van der Waals surface area contributed by atoms with Gasteiger partial charge in [-0.25, -0.2) is 0 Å². The van der Waals surface area contributed by atoms with Gasteiger partial charge in [0.1, 0.15) is 5.75 Å². The molecule has 0 bridgehead atoms. The smallest absolute Gasteiger partial charge is 0.291 e. The van der Waals surface area contributed by atoms with Crippen molar-refractivity contribution in [1.82, 2.24) is 9.80 Å². The third-order valence-corrected chi connectivity index (χ3v) is 6.33. The lowest BCUT2D eigenvalue weighted by atomic mass is 10.1. The molecule has 0 radical (unpaired) electrons. The summed E-state index contributed by atoms with van der Waals surface area (Å²) in [5, 5.41) is -0.379. The van der Waals surface area contributed by atoms with Crippen molar-refractivity contribution in [3.63, 3.8) is 0 Å². The Hall–Kier alpha value is -3.17. The third-order valence-electron chi connectivity index (χ3n) is 5.35. The van der Waals surface area contributed by atoms with Crippen LogP contribution in [0.15, 0.2) is 54.6 Å². The minimum atomic E-state index is -1.04. The van der Waals surface area contributed by atoms with E-state index in [1.54, 1.807) is 24.3 Å². The third kappa shape index (κ3) is 4.94. The van der Waals surface area contributed by atoms with Crippen molar-refractivity contribution in [2.24, 2.45) is 0 Å². The molecule has 0 saturated carbocycles.